The molecule has 60 valence electrons. The molecule has 1 rings (SSSR count). The average molecular weight is 152 g/mol. The van der Waals surface area contributed by atoms with E-state index in [4.69, 9.17) is 0 Å². The van der Waals surface area contributed by atoms with Gasteiger partial charge in [0.1, 0.15) is 0 Å². The van der Waals surface area contributed by atoms with E-state index in [-0.39, 0.29) is 5.92 Å². The van der Waals surface area contributed by atoms with Gasteiger partial charge in [0, 0.05) is 0 Å². The van der Waals surface area contributed by atoms with Crippen molar-refractivity contribution in [2.45, 2.75) is 32.9 Å². The molecule has 0 heterocycles. The van der Waals surface area contributed by atoms with Crippen LogP contribution in [0.2, 0.25) is 0 Å². The normalized spacial score (nSPS) is 41.1. The van der Waals surface area contributed by atoms with Gasteiger partial charge in [0.25, 0.3) is 0 Å². The van der Waals surface area contributed by atoms with Crippen molar-refractivity contribution in [1.29, 1.82) is 0 Å². The highest BCUT2D eigenvalue weighted by Crippen LogP contribution is 2.55. The first-order valence-electron chi connectivity index (χ1n) is 3.42. The van der Waals surface area contributed by atoms with Crippen molar-refractivity contribution < 1.29 is 13.2 Å². The summed E-state index contributed by atoms with van der Waals surface area (Å²) in [5.41, 5.74) is -1.37. The molecule has 0 radical (unpaired) electrons. The maximum Gasteiger partial charge on any atom is 0.394 e. The van der Waals surface area contributed by atoms with Crippen LogP contribution in [-0.4, -0.2) is 6.18 Å². The maximum absolute atomic E-state index is 12.1. The summed E-state index contributed by atoms with van der Waals surface area (Å²) in [7, 11) is 0. The van der Waals surface area contributed by atoms with Crippen molar-refractivity contribution in [2.24, 2.45) is 11.3 Å². The van der Waals surface area contributed by atoms with Gasteiger partial charge in [-0.15, -0.1) is 0 Å². The van der Waals surface area contributed by atoms with Gasteiger partial charge < -0.3 is 0 Å². The van der Waals surface area contributed by atoms with Gasteiger partial charge in [-0.05, 0) is 18.8 Å². The van der Waals surface area contributed by atoms with Gasteiger partial charge in [-0.1, -0.05) is 13.8 Å². The molecular formula is C7H11F3. The van der Waals surface area contributed by atoms with Crippen molar-refractivity contribution >= 4 is 0 Å². The summed E-state index contributed by atoms with van der Waals surface area (Å²) >= 11 is 0. The topological polar surface area (TPSA) is 0 Å². The van der Waals surface area contributed by atoms with Crippen LogP contribution < -0.4 is 0 Å². The van der Waals surface area contributed by atoms with Crippen LogP contribution in [0.15, 0.2) is 0 Å². The third-order valence-electron chi connectivity index (χ3n) is 2.28. The molecular weight excluding hydrogens is 141 g/mol. The Labute approximate surface area is 58.4 Å². The Hall–Kier alpha value is -0.210. The molecule has 0 atom stereocenters. The summed E-state index contributed by atoms with van der Waals surface area (Å²) in [5, 5.41) is 0. The van der Waals surface area contributed by atoms with Crippen LogP contribution in [0.4, 0.5) is 13.2 Å². The molecule has 1 aliphatic rings. The second kappa shape index (κ2) is 1.89. The van der Waals surface area contributed by atoms with Crippen molar-refractivity contribution in [1.82, 2.24) is 0 Å². The predicted octanol–water partition coefficient (Wildman–Crippen LogP) is 2.98. The number of alkyl halides is 3. The van der Waals surface area contributed by atoms with Crippen molar-refractivity contribution in [2.75, 3.05) is 0 Å². The van der Waals surface area contributed by atoms with Gasteiger partial charge in [-0.25, -0.2) is 0 Å². The largest absolute Gasteiger partial charge is 0.394 e. The van der Waals surface area contributed by atoms with E-state index in [2.05, 4.69) is 0 Å². The molecule has 0 unspecified atom stereocenters. The van der Waals surface area contributed by atoms with Crippen molar-refractivity contribution in [3.05, 3.63) is 0 Å². The number of rotatable bonds is 0. The van der Waals surface area contributed by atoms with E-state index < -0.39 is 11.6 Å². The Morgan fingerprint density at radius 2 is 1.70 bits per heavy atom. The molecule has 10 heavy (non-hydrogen) atoms. The van der Waals surface area contributed by atoms with Gasteiger partial charge in [0.2, 0.25) is 0 Å². The Balaban J connectivity index is 2.57. The highest BCUT2D eigenvalue weighted by Gasteiger charge is 2.57. The fourth-order valence-corrected chi connectivity index (χ4v) is 1.71. The minimum absolute atomic E-state index is 0.256. The lowest BCUT2D eigenvalue weighted by atomic mass is 9.63. The molecule has 1 fully saturated rings. The Morgan fingerprint density at radius 1 is 1.30 bits per heavy atom. The smallest absolute Gasteiger partial charge is 0.171 e. The molecule has 0 N–H and O–H groups in total. The lowest BCUT2D eigenvalue weighted by molar-refractivity contribution is -0.254. The number of hydrogen-bond donors (Lipinski definition) is 0. The molecule has 1 saturated carbocycles. The van der Waals surface area contributed by atoms with Crippen LogP contribution >= 0.6 is 0 Å². The maximum atomic E-state index is 12.1. The molecule has 0 aromatic rings. The Bertz CT molecular complexity index is 130. The Morgan fingerprint density at radius 3 is 1.80 bits per heavy atom. The molecule has 0 aliphatic heterocycles. The predicted molar refractivity (Wildman–Crippen MR) is 32.6 cm³/mol. The molecule has 0 aromatic heterocycles. The van der Waals surface area contributed by atoms with E-state index in [1.54, 1.807) is 0 Å². The minimum atomic E-state index is -3.99. The second-order valence-electron chi connectivity index (χ2n) is 3.57. The SMILES string of the molecule is C[C@H]1C[C@@](C)(C(F)(F)F)C1. The summed E-state index contributed by atoms with van der Waals surface area (Å²) in [6.07, 6.45) is -3.38. The summed E-state index contributed by atoms with van der Waals surface area (Å²) in [5.74, 6) is 0.256. The first kappa shape index (κ1) is 7.89. The van der Waals surface area contributed by atoms with E-state index in [1.807, 2.05) is 6.92 Å². The highest BCUT2D eigenvalue weighted by molar-refractivity contribution is 4.93. The Kier molecular flexibility index (Phi) is 1.49. The van der Waals surface area contributed by atoms with Crippen LogP contribution in [0.25, 0.3) is 0 Å². The van der Waals surface area contributed by atoms with Gasteiger partial charge >= 0.3 is 6.18 Å². The monoisotopic (exact) mass is 152 g/mol. The first-order chi connectivity index (χ1) is 4.35. The zero-order chi connectivity index (χ0) is 7.99. The molecule has 1 aliphatic carbocycles. The lowest BCUT2D eigenvalue weighted by Crippen LogP contribution is -2.45. The van der Waals surface area contributed by atoms with Gasteiger partial charge in [-0.2, -0.15) is 13.2 Å². The number of halogens is 3. The van der Waals surface area contributed by atoms with E-state index in [0.717, 1.165) is 0 Å². The molecule has 3 heteroatoms. The number of hydrogen-bond acceptors (Lipinski definition) is 0. The van der Waals surface area contributed by atoms with Crippen LogP contribution in [0.3, 0.4) is 0 Å². The summed E-state index contributed by atoms with van der Waals surface area (Å²) in [6, 6.07) is 0. The van der Waals surface area contributed by atoms with Crippen LogP contribution in [0, 0.1) is 11.3 Å². The van der Waals surface area contributed by atoms with Gasteiger partial charge in [0.15, 0.2) is 0 Å². The van der Waals surface area contributed by atoms with Crippen LogP contribution in [-0.2, 0) is 0 Å². The fourth-order valence-electron chi connectivity index (χ4n) is 1.71. The summed E-state index contributed by atoms with van der Waals surface area (Å²) in [4.78, 5) is 0. The van der Waals surface area contributed by atoms with E-state index in [0.29, 0.717) is 12.8 Å². The molecule has 0 amide bonds. The van der Waals surface area contributed by atoms with Gasteiger partial charge in [-0.3, -0.25) is 0 Å². The molecule has 0 nitrogen and oxygen atoms in total. The van der Waals surface area contributed by atoms with Crippen LogP contribution in [0.1, 0.15) is 26.7 Å². The average Bonchev–Trinajstić information content (AvgIpc) is 1.58. The lowest BCUT2D eigenvalue weighted by Gasteiger charge is -2.44. The highest BCUT2D eigenvalue weighted by atomic mass is 19.4. The standard InChI is InChI=1S/C7H11F3/c1-5-3-6(2,4-5)7(8,9)10/h5H,3-4H2,1-2H3/t5-,6+. The van der Waals surface area contributed by atoms with E-state index in [1.165, 1.54) is 6.92 Å². The first-order valence-corrected chi connectivity index (χ1v) is 3.42. The molecule has 0 saturated heterocycles. The summed E-state index contributed by atoms with van der Waals surface area (Å²) in [6.45, 7) is 3.15. The summed E-state index contributed by atoms with van der Waals surface area (Å²) < 4.78 is 36.2. The van der Waals surface area contributed by atoms with E-state index in [9.17, 15) is 13.2 Å². The third kappa shape index (κ3) is 1.02. The van der Waals surface area contributed by atoms with Crippen molar-refractivity contribution in [3.63, 3.8) is 0 Å². The molecule has 0 spiro atoms. The minimum Gasteiger partial charge on any atom is -0.171 e. The van der Waals surface area contributed by atoms with Crippen LogP contribution in [0.5, 0.6) is 0 Å². The van der Waals surface area contributed by atoms with Crippen molar-refractivity contribution in [3.8, 4) is 0 Å². The van der Waals surface area contributed by atoms with Gasteiger partial charge in [0.05, 0.1) is 5.41 Å². The zero-order valence-electron chi connectivity index (χ0n) is 6.13. The molecule has 0 aromatic carbocycles. The third-order valence-corrected chi connectivity index (χ3v) is 2.28. The fraction of sp³-hybridized carbons (Fsp3) is 1.00. The quantitative estimate of drug-likeness (QED) is 0.500. The zero-order valence-corrected chi connectivity index (χ0v) is 6.13. The second-order valence-corrected chi connectivity index (χ2v) is 3.57. The van der Waals surface area contributed by atoms with E-state index >= 15 is 0 Å². The molecule has 0 bridgehead atoms.